The lowest BCUT2D eigenvalue weighted by atomic mass is 10.3. The van der Waals surface area contributed by atoms with Crippen LogP contribution in [0.1, 0.15) is 26.7 Å². The van der Waals surface area contributed by atoms with E-state index in [1.165, 1.54) is 0 Å². The molecule has 7 nitrogen and oxygen atoms in total. The average molecular weight is 321 g/mol. The van der Waals surface area contributed by atoms with Crippen molar-refractivity contribution in [2.75, 3.05) is 56.2 Å². The van der Waals surface area contributed by atoms with E-state index in [9.17, 15) is 4.79 Å². The molecule has 1 saturated heterocycles. The number of unbranched alkanes of at least 4 members (excludes halogenated alkanes) is 1. The molecule has 0 radical (unpaired) electrons. The van der Waals surface area contributed by atoms with E-state index in [0.29, 0.717) is 19.7 Å². The summed E-state index contributed by atoms with van der Waals surface area (Å²) in [6, 6.07) is 1.94. The highest BCUT2D eigenvalue weighted by Gasteiger charge is 2.23. The molecule has 1 aromatic heterocycles. The standard InChI is InChI=1S/C16H27N5O2/c1-4-6-9-19(3)14-7-8-17-15(18-14)20-10-12-21(13-11-20)16(22)23-5-2/h7-8H,4-6,9-13H2,1-3H3. The average Bonchev–Trinajstić information content (AvgIpc) is 2.60. The minimum Gasteiger partial charge on any atom is -0.450 e. The maximum absolute atomic E-state index is 11.7. The molecule has 0 aliphatic carbocycles. The van der Waals surface area contributed by atoms with Crippen LogP contribution in [0.2, 0.25) is 0 Å². The van der Waals surface area contributed by atoms with E-state index in [4.69, 9.17) is 4.74 Å². The summed E-state index contributed by atoms with van der Waals surface area (Å²) < 4.78 is 5.04. The minimum atomic E-state index is -0.235. The molecule has 23 heavy (non-hydrogen) atoms. The molecule has 0 bridgehead atoms. The van der Waals surface area contributed by atoms with Crippen LogP contribution in [-0.2, 0) is 4.74 Å². The van der Waals surface area contributed by atoms with Gasteiger partial charge in [-0.1, -0.05) is 13.3 Å². The number of carbonyl (C=O) groups is 1. The number of hydrogen-bond acceptors (Lipinski definition) is 6. The molecule has 1 aromatic rings. The quantitative estimate of drug-likeness (QED) is 0.798. The van der Waals surface area contributed by atoms with Crippen molar-refractivity contribution in [1.29, 1.82) is 0 Å². The van der Waals surface area contributed by atoms with E-state index < -0.39 is 0 Å². The van der Waals surface area contributed by atoms with Crippen molar-refractivity contribution >= 4 is 17.9 Å². The third-order valence-electron chi connectivity index (χ3n) is 3.95. The highest BCUT2D eigenvalue weighted by Crippen LogP contribution is 2.16. The second-order valence-corrected chi connectivity index (χ2v) is 5.66. The van der Waals surface area contributed by atoms with Crippen LogP contribution in [0.4, 0.5) is 16.6 Å². The van der Waals surface area contributed by atoms with Crippen molar-refractivity contribution in [1.82, 2.24) is 14.9 Å². The summed E-state index contributed by atoms with van der Waals surface area (Å²) in [4.78, 5) is 26.8. The molecule has 1 fully saturated rings. The number of piperazine rings is 1. The topological polar surface area (TPSA) is 61.8 Å². The number of hydrogen-bond donors (Lipinski definition) is 0. The van der Waals surface area contributed by atoms with Gasteiger partial charge < -0.3 is 19.4 Å². The minimum absolute atomic E-state index is 0.235. The molecule has 1 amide bonds. The van der Waals surface area contributed by atoms with Gasteiger partial charge in [0.15, 0.2) is 0 Å². The Balaban J connectivity index is 1.94. The van der Waals surface area contributed by atoms with E-state index in [1.54, 1.807) is 11.1 Å². The summed E-state index contributed by atoms with van der Waals surface area (Å²) in [5.41, 5.74) is 0. The molecule has 128 valence electrons. The summed E-state index contributed by atoms with van der Waals surface area (Å²) in [5.74, 6) is 1.67. The maximum Gasteiger partial charge on any atom is 0.409 e. The van der Waals surface area contributed by atoms with Crippen molar-refractivity contribution in [3.63, 3.8) is 0 Å². The number of anilines is 2. The summed E-state index contributed by atoms with van der Waals surface area (Å²) in [6.07, 6.45) is 3.88. The number of nitrogens with zero attached hydrogens (tertiary/aromatic N) is 5. The highest BCUT2D eigenvalue weighted by molar-refractivity contribution is 5.68. The smallest absolute Gasteiger partial charge is 0.409 e. The van der Waals surface area contributed by atoms with E-state index >= 15 is 0 Å². The van der Waals surface area contributed by atoms with Crippen LogP contribution in [0.25, 0.3) is 0 Å². The largest absolute Gasteiger partial charge is 0.450 e. The van der Waals surface area contributed by atoms with Gasteiger partial charge in [0.25, 0.3) is 0 Å². The molecular formula is C16H27N5O2. The molecule has 0 N–H and O–H groups in total. The van der Waals surface area contributed by atoms with Gasteiger partial charge in [-0.15, -0.1) is 0 Å². The van der Waals surface area contributed by atoms with Gasteiger partial charge in [-0.3, -0.25) is 0 Å². The fourth-order valence-electron chi connectivity index (χ4n) is 2.52. The second kappa shape index (κ2) is 8.55. The molecule has 0 aromatic carbocycles. The van der Waals surface area contributed by atoms with Crippen molar-refractivity contribution in [2.45, 2.75) is 26.7 Å². The van der Waals surface area contributed by atoms with Gasteiger partial charge in [0, 0.05) is 46.0 Å². The van der Waals surface area contributed by atoms with E-state index in [0.717, 1.165) is 44.2 Å². The first-order valence-electron chi connectivity index (χ1n) is 8.36. The molecule has 2 rings (SSSR count). The predicted molar refractivity (Wildman–Crippen MR) is 91.0 cm³/mol. The molecule has 1 aliphatic heterocycles. The molecule has 0 saturated carbocycles. The Kier molecular flexibility index (Phi) is 6.43. The zero-order valence-corrected chi connectivity index (χ0v) is 14.4. The molecule has 2 heterocycles. The fourth-order valence-corrected chi connectivity index (χ4v) is 2.52. The Morgan fingerprint density at radius 3 is 2.70 bits per heavy atom. The van der Waals surface area contributed by atoms with Crippen LogP contribution >= 0.6 is 0 Å². The number of amides is 1. The normalized spacial score (nSPS) is 14.7. The maximum atomic E-state index is 11.7. The van der Waals surface area contributed by atoms with Crippen LogP contribution in [0.5, 0.6) is 0 Å². The summed E-state index contributed by atoms with van der Waals surface area (Å²) in [7, 11) is 2.06. The van der Waals surface area contributed by atoms with Crippen molar-refractivity contribution in [2.24, 2.45) is 0 Å². The van der Waals surface area contributed by atoms with E-state index in [-0.39, 0.29) is 6.09 Å². The Hall–Kier alpha value is -2.05. The Morgan fingerprint density at radius 2 is 2.04 bits per heavy atom. The second-order valence-electron chi connectivity index (χ2n) is 5.66. The predicted octanol–water partition coefficient (Wildman–Crippen LogP) is 1.99. The Labute approximate surface area is 138 Å². The van der Waals surface area contributed by atoms with Crippen LogP contribution in [-0.4, -0.2) is 67.3 Å². The lowest BCUT2D eigenvalue weighted by molar-refractivity contribution is 0.105. The van der Waals surface area contributed by atoms with E-state index in [2.05, 4.69) is 33.7 Å². The zero-order valence-electron chi connectivity index (χ0n) is 14.4. The van der Waals surface area contributed by atoms with Gasteiger partial charge in [0.1, 0.15) is 5.82 Å². The highest BCUT2D eigenvalue weighted by atomic mass is 16.6. The summed E-state index contributed by atoms with van der Waals surface area (Å²) >= 11 is 0. The van der Waals surface area contributed by atoms with Crippen molar-refractivity contribution < 1.29 is 9.53 Å². The third-order valence-corrected chi connectivity index (χ3v) is 3.95. The Bertz CT molecular complexity index is 503. The lowest BCUT2D eigenvalue weighted by Gasteiger charge is -2.34. The van der Waals surface area contributed by atoms with Gasteiger partial charge in [-0.2, -0.15) is 4.98 Å². The molecular weight excluding hydrogens is 294 g/mol. The Morgan fingerprint density at radius 1 is 1.30 bits per heavy atom. The van der Waals surface area contributed by atoms with Gasteiger partial charge in [0.2, 0.25) is 5.95 Å². The van der Waals surface area contributed by atoms with Gasteiger partial charge in [-0.05, 0) is 19.4 Å². The third kappa shape index (κ3) is 4.71. The zero-order chi connectivity index (χ0) is 16.7. The first kappa shape index (κ1) is 17.3. The molecule has 0 atom stereocenters. The van der Waals surface area contributed by atoms with Gasteiger partial charge in [-0.25, -0.2) is 9.78 Å². The summed E-state index contributed by atoms with van der Waals surface area (Å²) in [5, 5.41) is 0. The molecule has 0 spiro atoms. The van der Waals surface area contributed by atoms with Crippen LogP contribution in [0, 0.1) is 0 Å². The monoisotopic (exact) mass is 321 g/mol. The summed E-state index contributed by atoms with van der Waals surface area (Å²) in [6.45, 7) is 8.13. The van der Waals surface area contributed by atoms with E-state index in [1.807, 2.05) is 13.0 Å². The van der Waals surface area contributed by atoms with Crippen LogP contribution in [0.3, 0.4) is 0 Å². The first-order chi connectivity index (χ1) is 11.2. The number of carbonyl (C=O) groups excluding carboxylic acids is 1. The number of ether oxygens (including phenoxy) is 1. The molecule has 1 aliphatic rings. The SMILES string of the molecule is CCCCN(C)c1ccnc(N2CCN(C(=O)OCC)CC2)n1. The van der Waals surface area contributed by atoms with Crippen molar-refractivity contribution in [3.05, 3.63) is 12.3 Å². The number of rotatable bonds is 6. The fraction of sp³-hybridized carbons (Fsp3) is 0.688. The van der Waals surface area contributed by atoms with Gasteiger partial charge in [0.05, 0.1) is 6.61 Å². The molecule has 0 unspecified atom stereocenters. The number of aromatic nitrogens is 2. The lowest BCUT2D eigenvalue weighted by Crippen LogP contribution is -2.49. The first-order valence-corrected chi connectivity index (χ1v) is 8.36. The van der Waals surface area contributed by atoms with Crippen LogP contribution < -0.4 is 9.80 Å². The van der Waals surface area contributed by atoms with Crippen LogP contribution in [0.15, 0.2) is 12.3 Å². The van der Waals surface area contributed by atoms with Gasteiger partial charge >= 0.3 is 6.09 Å². The van der Waals surface area contributed by atoms with Crippen molar-refractivity contribution in [3.8, 4) is 0 Å². The molecule has 7 heteroatoms.